The van der Waals surface area contributed by atoms with E-state index in [4.69, 9.17) is 5.73 Å². The number of benzene rings is 1. The third kappa shape index (κ3) is 5.40. The van der Waals surface area contributed by atoms with Gasteiger partial charge >= 0.3 is 0 Å². The SMILES string of the molecule is CS(=O)(=O)Nc1ccc(F)cc1C(=O)N1CCCC(C(=O)NCCN)C1. The van der Waals surface area contributed by atoms with E-state index in [1.54, 1.807) is 0 Å². The smallest absolute Gasteiger partial charge is 0.256 e. The molecule has 1 aromatic carbocycles. The predicted octanol–water partition coefficient (Wildman–Crippen LogP) is 0.124. The molecule has 1 aliphatic heterocycles. The number of halogens is 1. The van der Waals surface area contributed by atoms with Crippen molar-refractivity contribution in [1.29, 1.82) is 0 Å². The Morgan fingerprint density at radius 2 is 2.12 bits per heavy atom. The minimum absolute atomic E-state index is 0.00797. The van der Waals surface area contributed by atoms with Crippen LogP contribution in [0.15, 0.2) is 18.2 Å². The minimum Gasteiger partial charge on any atom is -0.355 e. The number of rotatable bonds is 6. The van der Waals surface area contributed by atoms with Crippen molar-refractivity contribution in [3.05, 3.63) is 29.6 Å². The summed E-state index contributed by atoms with van der Waals surface area (Å²) >= 11 is 0. The van der Waals surface area contributed by atoms with Crippen molar-refractivity contribution < 1.29 is 22.4 Å². The Balaban J connectivity index is 2.20. The van der Waals surface area contributed by atoms with Gasteiger partial charge in [0.2, 0.25) is 15.9 Å². The summed E-state index contributed by atoms with van der Waals surface area (Å²) in [6, 6.07) is 3.27. The summed E-state index contributed by atoms with van der Waals surface area (Å²) in [7, 11) is -3.63. The topological polar surface area (TPSA) is 122 Å². The van der Waals surface area contributed by atoms with Gasteiger partial charge in [0.05, 0.1) is 23.4 Å². The van der Waals surface area contributed by atoms with Gasteiger partial charge in [0.1, 0.15) is 5.82 Å². The lowest BCUT2D eigenvalue weighted by atomic mass is 9.96. The zero-order chi connectivity index (χ0) is 19.3. The molecule has 1 atom stereocenters. The van der Waals surface area contributed by atoms with Crippen molar-refractivity contribution in [3.63, 3.8) is 0 Å². The second kappa shape index (κ2) is 8.45. The molecule has 2 amide bonds. The first-order chi connectivity index (χ1) is 12.2. The summed E-state index contributed by atoms with van der Waals surface area (Å²) in [6.07, 6.45) is 2.21. The number of amides is 2. The number of hydrogen-bond donors (Lipinski definition) is 3. The highest BCUT2D eigenvalue weighted by Gasteiger charge is 2.30. The van der Waals surface area contributed by atoms with Gasteiger partial charge in [-0.25, -0.2) is 12.8 Å². The van der Waals surface area contributed by atoms with Gasteiger partial charge in [-0.1, -0.05) is 0 Å². The van der Waals surface area contributed by atoms with Gasteiger partial charge < -0.3 is 16.0 Å². The van der Waals surface area contributed by atoms with E-state index in [1.165, 1.54) is 11.0 Å². The van der Waals surface area contributed by atoms with Crippen LogP contribution in [0.1, 0.15) is 23.2 Å². The lowest BCUT2D eigenvalue weighted by Gasteiger charge is -2.32. The maximum atomic E-state index is 13.6. The van der Waals surface area contributed by atoms with Crippen LogP contribution in [0.25, 0.3) is 0 Å². The van der Waals surface area contributed by atoms with Crippen LogP contribution in [-0.4, -0.2) is 57.6 Å². The Kier molecular flexibility index (Phi) is 6.54. The summed E-state index contributed by atoms with van der Waals surface area (Å²) in [6.45, 7) is 1.28. The number of piperidine rings is 1. The Labute approximate surface area is 152 Å². The van der Waals surface area contributed by atoms with Crippen molar-refractivity contribution in [1.82, 2.24) is 10.2 Å². The molecule has 0 spiro atoms. The highest BCUT2D eigenvalue weighted by atomic mass is 32.2. The molecule has 1 heterocycles. The molecule has 0 aliphatic carbocycles. The van der Waals surface area contributed by atoms with Crippen molar-refractivity contribution in [2.24, 2.45) is 11.7 Å². The largest absolute Gasteiger partial charge is 0.355 e. The Morgan fingerprint density at radius 3 is 2.77 bits per heavy atom. The van der Waals surface area contributed by atoms with Crippen LogP contribution in [0.5, 0.6) is 0 Å². The van der Waals surface area contributed by atoms with Crippen LogP contribution in [0, 0.1) is 11.7 Å². The molecule has 4 N–H and O–H groups in total. The van der Waals surface area contributed by atoms with E-state index in [9.17, 15) is 22.4 Å². The first-order valence-corrected chi connectivity index (χ1v) is 10.1. The van der Waals surface area contributed by atoms with Crippen molar-refractivity contribution >= 4 is 27.5 Å². The summed E-state index contributed by atoms with van der Waals surface area (Å²) in [5, 5.41) is 2.70. The number of hydrogen-bond acceptors (Lipinski definition) is 5. The van der Waals surface area contributed by atoms with Crippen LogP contribution in [0.3, 0.4) is 0 Å². The number of nitrogens with two attached hydrogens (primary N) is 1. The van der Waals surface area contributed by atoms with Gasteiger partial charge in [-0.05, 0) is 31.0 Å². The van der Waals surface area contributed by atoms with Crippen LogP contribution in [0.4, 0.5) is 10.1 Å². The fourth-order valence-corrected chi connectivity index (χ4v) is 3.45. The number of nitrogens with one attached hydrogen (secondary N) is 2. The molecule has 2 rings (SSSR count). The van der Waals surface area contributed by atoms with E-state index in [2.05, 4.69) is 10.0 Å². The molecule has 1 unspecified atom stereocenters. The van der Waals surface area contributed by atoms with Gasteiger partial charge in [0, 0.05) is 26.2 Å². The minimum atomic E-state index is -3.63. The third-order valence-electron chi connectivity index (χ3n) is 4.03. The molecular formula is C16H23FN4O4S. The zero-order valence-corrected chi connectivity index (χ0v) is 15.3. The van der Waals surface area contributed by atoms with Crippen LogP contribution in [0.2, 0.25) is 0 Å². The van der Waals surface area contributed by atoms with E-state index in [0.717, 1.165) is 18.4 Å². The maximum Gasteiger partial charge on any atom is 0.256 e. The number of anilines is 1. The molecule has 1 saturated heterocycles. The fraction of sp³-hybridized carbons (Fsp3) is 0.500. The first-order valence-electron chi connectivity index (χ1n) is 8.25. The number of carbonyl (C=O) groups excluding carboxylic acids is 2. The lowest BCUT2D eigenvalue weighted by molar-refractivity contribution is -0.126. The second-order valence-electron chi connectivity index (χ2n) is 6.23. The van der Waals surface area contributed by atoms with Crippen molar-refractivity contribution in [2.75, 3.05) is 37.2 Å². The highest BCUT2D eigenvalue weighted by Crippen LogP contribution is 2.24. The Bertz CT molecular complexity index is 784. The molecule has 144 valence electrons. The van der Waals surface area contributed by atoms with E-state index in [0.29, 0.717) is 32.5 Å². The van der Waals surface area contributed by atoms with Gasteiger partial charge in [-0.2, -0.15) is 0 Å². The lowest BCUT2D eigenvalue weighted by Crippen LogP contribution is -2.46. The summed E-state index contributed by atoms with van der Waals surface area (Å²) in [5.41, 5.74) is 5.29. The van der Waals surface area contributed by atoms with Gasteiger partial charge in [-0.3, -0.25) is 14.3 Å². The highest BCUT2D eigenvalue weighted by molar-refractivity contribution is 7.92. The molecule has 0 radical (unpaired) electrons. The van der Waals surface area contributed by atoms with Crippen LogP contribution >= 0.6 is 0 Å². The number of likely N-dealkylation sites (tertiary alicyclic amines) is 1. The Morgan fingerprint density at radius 1 is 1.38 bits per heavy atom. The van der Waals surface area contributed by atoms with Crippen LogP contribution in [-0.2, 0) is 14.8 Å². The number of carbonyl (C=O) groups is 2. The van der Waals surface area contributed by atoms with Crippen molar-refractivity contribution in [2.45, 2.75) is 12.8 Å². The monoisotopic (exact) mass is 386 g/mol. The quantitative estimate of drug-likeness (QED) is 0.641. The summed E-state index contributed by atoms with van der Waals surface area (Å²) < 4.78 is 38.8. The molecule has 0 aromatic heterocycles. The Hall–Kier alpha value is -2.20. The standard InChI is InChI=1S/C16H23FN4O4S/c1-26(24,25)20-14-5-4-12(17)9-13(14)16(23)21-8-2-3-11(10-21)15(22)19-7-6-18/h4-5,9,11,20H,2-3,6-8,10,18H2,1H3,(H,19,22). The van der Waals surface area contributed by atoms with Crippen molar-refractivity contribution in [3.8, 4) is 0 Å². The van der Waals surface area contributed by atoms with E-state index in [-0.39, 0.29) is 29.6 Å². The average molecular weight is 386 g/mol. The first kappa shape index (κ1) is 20.1. The predicted molar refractivity (Wildman–Crippen MR) is 95.6 cm³/mol. The maximum absolute atomic E-state index is 13.6. The van der Waals surface area contributed by atoms with E-state index in [1.807, 2.05) is 0 Å². The van der Waals surface area contributed by atoms with Gasteiger partial charge in [0.15, 0.2) is 0 Å². The average Bonchev–Trinajstić information content (AvgIpc) is 2.59. The molecule has 1 aromatic rings. The molecule has 0 saturated carbocycles. The molecule has 26 heavy (non-hydrogen) atoms. The van der Waals surface area contributed by atoms with Crippen LogP contribution < -0.4 is 15.8 Å². The van der Waals surface area contributed by atoms with Gasteiger partial charge in [0.25, 0.3) is 5.91 Å². The number of nitrogens with zero attached hydrogens (tertiary/aromatic N) is 1. The molecule has 1 fully saturated rings. The molecule has 8 nitrogen and oxygen atoms in total. The van der Waals surface area contributed by atoms with E-state index >= 15 is 0 Å². The normalized spacial score (nSPS) is 17.7. The van der Waals surface area contributed by atoms with Gasteiger partial charge in [-0.15, -0.1) is 0 Å². The zero-order valence-electron chi connectivity index (χ0n) is 14.5. The molecule has 0 bridgehead atoms. The molecule has 10 heteroatoms. The molecule has 1 aliphatic rings. The fourth-order valence-electron chi connectivity index (χ4n) is 2.87. The summed E-state index contributed by atoms with van der Waals surface area (Å²) in [5.74, 6) is -1.73. The second-order valence-corrected chi connectivity index (χ2v) is 7.98. The number of sulfonamides is 1. The third-order valence-corrected chi connectivity index (χ3v) is 4.62. The summed E-state index contributed by atoms with van der Waals surface area (Å²) in [4.78, 5) is 26.4. The molecular weight excluding hydrogens is 363 g/mol. The van der Waals surface area contributed by atoms with E-state index < -0.39 is 21.7 Å².